The number of halogens is 1. The molecule has 0 aliphatic rings. The highest BCUT2D eigenvalue weighted by molar-refractivity contribution is 9.10. The Morgan fingerprint density at radius 1 is 1.14 bits per heavy atom. The van der Waals surface area contributed by atoms with Crippen LogP contribution in [-0.2, 0) is 0 Å². The first-order valence-corrected chi connectivity index (χ1v) is 7.69. The third kappa shape index (κ3) is 3.85. The number of nitrogens with two attached hydrogens (primary N) is 1. The Kier molecular flexibility index (Phi) is 5.02. The lowest BCUT2D eigenvalue weighted by Crippen LogP contribution is -2.31. The molecule has 2 aromatic rings. The lowest BCUT2D eigenvalue weighted by Gasteiger charge is -2.23. The lowest BCUT2D eigenvalue weighted by molar-refractivity contribution is 0.0925. The normalized spacial score (nSPS) is 12.2. The van der Waals surface area contributed by atoms with E-state index in [1.165, 1.54) is 0 Å². The van der Waals surface area contributed by atoms with Crippen molar-refractivity contribution in [1.29, 1.82) is 0 Å². The van der Waals surface area contributed by atoms with Gasteiger partial charge in [0.05, 0.1) is 6.04 Å². The fourth-order valence-electron chi connectivity index (χ4n) is 2.20. The first kappa shape index (κ1) is 15.6. The molecule has 1 unspecified atom stereocenters. The maximum absolute atomic E-state index is 12.4. The minimum Gasteiger partial charge on any atom is -0.398 e. The van der Waals surface area contributed by atoms with Gasteiger partial charge < -0.3 is 11.1 Å². The van der Waals surface area contributed by atoms with Crippen molar-refractivity contribution >= 4 is 27.5 Å². The maximum Gasteiger partial charge on any atom is 0.251 e. The first-order chi connectivity index (χ1) is 9.99. The zero-order chi connectivity index (χ0) is 15.4. The average molecular weight is 347 g/mol. The van der Waals surface area contributed by atoms with E-state index in [1.54, 1.807) is 18.2 Å². The van der Waals surface area contributed by atoms with Crippen LogP contribution in [0.4, 0.5) is 5.69 Å². The molecule has 1 atom stereocenters. The van der Waals surface area contributed by atoms with Crippen LogP contribution in [0.5, 0.6) is 0 Å². The van der Waals surface area contributed by atoms with Crippen molar-refractivity contribution in [2.24, 2.45) is 5.92 Å². The SMILES string of the molecule is CC(C)C(NC(=O)c1ccc(Br)c(N)c1)c1ccccc1. The largest absolute Gasteiger partial charge is 0.398 e. The molecular formula is C17H19BrN2O. The summed E-state index contributed by atoms with van der Waals surface area (Å²) in [7, 11) is 0. The van der Waals surface area contributed by atoms with Gasteiger partial charge in [-0.15, -0.1) is 0 Å². The summed E-state index contributed by atoms with van der Waals surface area (Å²) < 4.78 is 0.794. The zero-order valence-electron chi connectivity index (χ0n) is 12.1. The van der Waals surface area contributed by atoms with Gasteiger partial charge in [0.15, 0.2) is 0 Å². The number of carbonyl (C=O) groups excluding carboxylic acids is 1. The average Bonchev–Trinajstić information content (AvgIpc) is 2.48. The van der Waals surface area contributed by atoms with Gasteiger partial charge in [-0.05, 0) is 45.6 Å². The van der Waals surface area contributed by atoms with Crippen LogP contribution in [0.2, 0.25) is 0 Å². The van der Waals surface area contributed by atoms with Crippen molar-refractivity contribution < 1.29 is 4.79 Å². The van der Waals surface area contributed by atoms with Gasteiger partial charge in [-0.2, -0.15) is 0 Å². The number of nitrogens with one attached hydrogen (secondary N) is 1. The molecule has 0 fully saturated rings. The van der Waals surface area contributed by atoms with Crippen molar-refractivity contribution in [3.63, 3.8) is 0 Å². The number of amides is 1. The molecule has 110 valence electrons. The van der Waals surface area contributed by atoms with Crippen LogP contribution in [0.1, 0.15) is 35.8 Å². The van der Waals surface area contributed by atoms with Gasteiger partial charge in [-0.1, -0.05) is 44.2 Å². The molecule has 0 saturated carbocycles. The fraction of sp³-hybridized carbons (Fsp3) is 0.235. The number of hydrogen-bond acceptors (Lipinski definition) is 2. The van der Waals surface area contributed by atoms with Gasteiger partial charge in [0.1, 0.15) is 0 Å². The summed E-state index contributed by atoms with van der Waals surface area (Å²) in [5.74, 6) is 0.181. The molecule has 4 heteroatoms. The summed E-state index contributed by atoms with van der Waals surface area (Å²) in [5, 5.41) is 3.09. The summed E-state index contributed by atoms with van der Waals surface area (Å²) in [4.78, 5) is 12.4. The third-order valence-electron chi connectivity index (χ3n) is 3.37. The molecule has 3 N–H and O–H groups in total. The van der Waals surface area contributed by atoms with Crippen LogP contribution < -0.4 is 11.1 Å². The van der Waals surface area contributed by atoms with Crippen molar-refractivity contribution in [2.45, 2.75) is 19.9 Å². The molecular weight excluding hydrogens is 328 g/mol. The number of nitrogen functional groups attached to an aromatic ring is 1. The summed E-state index contributed by atoms with van der Waals surface area (Å²) >= 11 is 3.33. The third-order valence-corrected chi connectivity index (χ3v) is 4.09. The summed E-state index contributed by atoms with van der Waals surface area (Å²) in [6, 6.07) is 15.2. The van der Waals surface area contributed by atoms with Gasteiger partial charge in [-0.3, -0.25) is 4.79 Å². The van der Waals surface area contributed by atoms with E-state index in [0.717, 1.165) is 10.0 Å². The lowest BCUT2D eigenvalue weighted by atomic mass is 9.95. The van der Waals surface area contributed by atoms with Crippen LogP contribution in [0, 0.1) is 5.92 Å². The second-order valence-electron chi connectivity index (χ2n) is 5.34. The summed E-state index contributed by atoms with van der Waals surface area (Å²) in [5.41, 5.74) is 8.06. The van der Waals surface area contributed by atoms with E-state index >= 15 is 0 Å². The quantitative estimate of drug-likeness (QED) is 0.816. The maximum atomic E-state index is 12.4. The summed E-state index contributed by atoms with van der Waals surface area (Å²) in [6.45, 7) is 4.18. The Labute approximate surface area is 133 Å². The van der Waals surface area contributed by atoms with E-state index < -0.39 is 0 Å². The highest BCUT2D eigenvalue weighted by atomic mass is 79.9. The molecule has 21 heavy (non-hydrogen) atoms. The smallest absolute Gasteiger partial charge is 0.251 e. The van der Waals surface area contributed by atoms with E-state index in [2.05, 4.69) is 35.1 Å². The minimum absolute atomic E-state index is 0.0245. The molecule has 1 amide bonds. The van der Waals surface area contributed by atoms with Crippen molar-refractivity contribution in [3.05, 3.63) is 64.1 Å². The van der Waals surface area contributed by atoms with E-state index in [4.69, 9.17) is 5.73 Å². The Balaban J connectivity index is 2.21. The molecule has 2 rings (SSSR count). The van der Waals surface area contributed by atoms with Crippen molar-refractivity contribution in [1.82, 2.24) is 5.32 Å². The number of rotatable bonds is 4. The van der Waals surface area contributed by atoms with Crippen molar-refractivity contribution in [3.8, 4) is 0 Å². The second kappa shape index (κ2) is 6.76. The fourth-order valence-corrected chi connectivity index (χ4v) is 2.45. The molecule has 0 saturated heterocycles. The zero-order valence-corrected chi connectivity index (χ0v) is 13.7. The molecule has 2 aromatic carbocycles. The molecule has 0 aliphatic carbocycles. The van der Waals surface area contributed by atoms with Crippen LogP contribution in [0.3, 0.4) is 0 Å². The number of hydrogen-bond donors (Lipinski definition) is 2. The molecule has 0 aliphatic heterocycles. The van der Waals surface area contributed by atoms with Crippen LogP contribution in [-0.4, -0.2) is 5.91 Å². The second-order valence-corrected chi connectivity index (χ2v) is 6.20. The molecule has 0 radical (unpaired) electrons. The van der Waals surface area contributed by atoms with E-state index in [-0.39, 0.29) is 11.9 Å². The van der Waals surface area contributed by atoms with E-state index in [0.29, 0.717) is 17.2 Å². The Bertz CT molecular complexity index is 626. The topological polar surface area (TPSA) is 55.1 Å². The van der Waals surface area contributed by atoms with E-state index in [1.807, 2.05) is 30.3 Å². The Hall–Kier alpha value is -1.81. The molecule has 0 aromatic heterocycles. The predicted molar refractivity (Wildman–Crippen MR) is 90.0 cm³/mol. The highest BCUT2D eigenvalue weighted by Gasteiger charge is 2.19. The predicted octanol–water partition coefficient (Wildman–Crippen LogP) is 4.16. The van der Waals surface area contributed by atoms with Gasteiger partial charge in [-0.25, -0.2) is 0 Å². The van der Waals surface area contributed by atoms with Crippen molar-refractivity contribution in [2.75, 3.05) is 5.73 Å². The monoisotopic (exact) mass is 346 g/mol. The molecule has 0 bridgehead atoms. The molecule has 0 heterocycles. The van der Waals surface area contributed by atoms with E-state index in [9.17, 15) is 4.79 Å². The number of anilines is 1. The van der Waals surface area contributed by atoms with Crippen LogP contribution in [0.15, 0.2) is 53.0 Å². The molecule has 3 nitrogen and oxygen atoms in total. The van der Waals surface area contributed by atoms with Gasteiger partial charge in [0.25, 0.3) is 5.91 Å². The van der Waals surface area contributed by atoms with Crippen LogP contribution >= 0.6 is 15.9 Å². The first-order valence-electron chi connectivity index (χ1n) is 6.90. The van der Waals surface area contributed by atoms with Crippen LogP contribution in [0.25, 0.3) is 0 Å². The van der Waals surface area contributed by atoms with Gasteiger partial charge >= 0.3 is 0 Å². The summed E-state index contributed by atoms with van der Waals surface area (Å²) in [6.07, 6.45) is 0. The Morgan fingerprint density at radius 2 is 1.81 bits per heavy atom. The number of carbonyl (C=O) groups is 1. The van der Waals surface area contributed by atoms with Gasteiger partial charge in [0, 0.05) is 15.7 Å². The number of benzene rings is 2. The highest BCUT2D eigenvalue weighted by Crippen LogP contribution is 2.24. The standard InChI is InChI=1S/C17H19BrN2O/c1-11(2)16(12-6-4-3-5-7-12)20-17(21)13-8-9-14(18)15(19)10-13/h3-11,16H,19H2,1-2H3,(H,20,21). The Morgan fingerprint density at radius 3 is 2.38 bits per heavy atom. The molecule has 0 spiro atoms. The van der Waals surface area contributed by atoms with Gasteiger partial charge in [0.2, 0.25) is 0 Å². The minimum atomic E-state index is -0.114.